The van der Waals surface area contributed by atoms with E-state index in [-0.39, 0.29) is 45.3 Å². The van der Waals surface area contributed by atoms with Gasteiger partial charge in [-0.1, -0.05) is 0 Å². The molecule has 2 heterocycles. The Hall–Kier alpha value is -2.80. The van der Waals surface area contributed by atoms with Crippen molar-refractivity contribution in [2.75, 3.05) is 11.9 Å². The third kappa shape index (κ3) is 6.10. The van der Waals surface area contributed by atoms with Crippen LogP contribution >= 0.6 is 27.3 Å². The first-order valence-electron chi connectivity index (χ1n) is 9.23. The molecular formula is C18H21BrN4O7S. The molecule has 0 aromatic carbocycles. The van der Waals surface area contributed by atoms with Crippen LogP contribution in [0.15, 0.2) is 10.7 Å². The number of esters is 2. The largest absolute Gasteiger partial charge is 0.462 e. The van der Waals surface area contributed by atoms with E-state index in [1.165, 1.54) is 10.9 Å². The van der Waals surface area contributed by atoms with Gasteiger partial charge >= 0.3 is 17.8 Å². The quantitative estimate of drug-likeness (QED) is 0.301. The molecule has 0 saturated heterocycles. The average Bonchev–Trinajstić information content (AvgIpc) is 3.19. The van der Waals surface area contributed by atoms with E-state index < -0.39 is 28.9 Å². The van der Waals surface area contributed by atoms with Gasteiger partial charge in [0.25, 0.3) is 0 Å². The maximum Gasteiger partial charge on any atom is 0.404 e. The van der Waals surface area contributed by atoms with Gasteiger partial charge in [-0.2, -0.15) is 4.68 Å². The lowest BCUT2D eigenvalue weighted by Crippen LogP contribution is -2.18. The zero-order valence-electron chi connectivity index (χ0n) is 17.3. The molecule has 0 bridgehead atoms. The fourth-order valence-corrected chi connectivity index (χ4v) is 4.11. The Kier molecular flexibility index (Phi) is 8.28. The molecule has 0 saturated carbocycles. The fourth-order valence-electron chi connectivity index (χ4n) is 2.54. The van der Waals surface area contributed by atoms with Crippen LogP contribution in [0.1, 0.15) is 52.8 Å². The summed E-state index contributed by atoms with van der Waals surface area (Å²) in [6, 6.07) is 0. The van der Waals surface area contributed by atoms with Crippen LogP contribution in [-0.4, -0.2) is 45.3 Å². The Morgan fingerprint density at radius 1 is 1.35 bits per heavy atom. The number of aryl methyl sites for hydroxylation is 1. The van der Waals surface area contributed by atoms with Crippen LogP contribution in [0, 0.1) is 17.0 Å². The second-order valence-corrected chi connectivity index (χ2v) is 8.43. The Labute approximate surface area is 190 Å². The summed E-state index contributed by atoms with van der Waals surface area (Å²) >= 11 is 3.96. The molecule has 13 heteroatoms. The summed E-state index contributed by atoms with van der Waals surface area (Å²) in [6.07, 6.45) is 0.927. The molecule has 2 rings (SSSR count). The minimum absolute atomic E-state index is 0.0686. The van der Waals surface area contributed by atoms with Crippen molar-refractivity contribution in [1.29, 1.82) is 0 Å². The fraction of sp³-hybridized carbons (Fsp3) is 0.444. The smallest absolute Gasteiger partial charge is 0.404 e. The Balaban J connectivity index is 2.21. The van der Waals surface area contributed by atoms with Crippen molar-refractivity contribution < 1.29 is 28.8 Å². The molecule has 0 radical (unpaired) electrons. The Morgan fingerprint density at radius 2 is 2.03 bits per heavy atom. The van der Waals surface area contributed by atoms with E-state index in [0.29, 0.717) is 5.56 Å². The van der Waals surface area contributed by atoms with Gasteiger partial charge in [0.2, 0.25) is 5.91 Å². The maximum absolute atomic E-state index is 12.6. The summed E-state index contributed by atoms with van der Waals surface area (Å²) in [4.78, 5) is 47.7. The van der Waals surface area contributed by atoms with E-state index in [1.54, 1.807) is 27.7 Å². The molecule has 0 spiro atoms. The SMILES string of the molecule is CCOC(=O)c1sc(NC(=O)CCn2cc(Br)c([N+](=O)[O-])n2)c(C(=O)OC(C)C)c1C. The van der Waals surface area contributed by atoms with Gasteiger partial charge in [-0.3, -0.25) is 4.79 Å². The molecule has 0 atom stereocenters. The predicted molar refractivity (Wildman–Crippen MR) is 115 cm³/mol. The highest BCUT2D eigenvalue weighted by Crippen LogP contribution is 2.34. The normalized spacial score (nSPS) is 10.8. The van der Waals surface area contributed by atoms with Crippen molar-refractivity contribution in [3.63, 3.8) is 0 Å². The molecule has 0 aliphatic rings. The van der Waals surface area contributed by atoms with Gasteiger partial charge in [-0.15, -0.1) is 11.3 Å². The lowest BCUT2D eigenvalue weighted by molar-refractivity contribution is -0.390. The second kappa shape index (κ2) is 10.5. The molecule has 1 amide bonds. The van der Waals surface area contributed by atoms with Crippen molar-refractivity contribution in [1.82, 2.24) is 9.78 Å². The first-order chi connectivity index (χ1) is 14.5. The van der Waals surface area contributed by atoms with Crippen LogP contribution in [0.5, 0.6) is 0 Å². The number of hydrogen-bond donors (Lipinski definition) is 1. The van der Waals surface area contributed by atoms with Crippen LogP contribution in [-0.2, 0) is 20.8 Å². The summed E-state index contributed by atoms with van der Waals surface area (Å²) in [5.74, 6) is -2.09. The number of aromatic nitrogens is 2. The van der Waals surface area contributed by atoms with Crippen molar-refractivity contribution >= 4 is 55.9 Å². The van der Waals surface area contributed by atoms with E-state index in [4.69, 9.17) is 9.47 Å². The number of amides is 1. The molecule has 2 aromatic heterocycles. The highest BCUT2D eigenvalue weighted by Gasteiger charge is 2.28. The van der Waals surface area contributed by atoms with E-state index in [0.717, 1.165) is 11.3 Å². The molecule has 1 N–H and O–H groups in total. The Morgan fingerprint density at radius 3 is 2.58 bits per heavy atom. The number of thiophene rings is 1. The highest BCUT2D eigenvalue weighted by atomic mass is 79.9. The topological polar surface area (TPSA) is 143 Å². The van der Waals surface area contributed by atoms with Gasteiger partial charge in [0.05, 0.1) is 36.1 Å². The Bertz CT molecular complexity index is 1010. The summed E-state index contributed by atoms with van der Waals surface area (Å²) < 4.78 is 11.7. The third-order valence-corrected chi connectivity index (χ3v) is 5.59. The number of anilines is 1. The third-order valence-electron chi connectivity index (χ3n) is 3.85. The van der Waals surface area contributed by atoms with Gasteiger partial charge < -0.3 is 24.9 Å². The first kappa shape index (κ1) is 24.5. The minimum Gasteiger partial charge on any atom is -0.462 e. The van der Waals surface area contributed by atoms with Crippen LogP contribution in [0.3, 0.4) is 0 Å². The van der Waals surface area contributed by atoms with Crippen molar-refractivity contribution in [3.05, 3.63) is 36.8 Å². The standard InChI is InChI=1S/C18H21BrN4O7S/c1-5-29-18(26)14-10(4)13(17(25)30-9(2)3)16(31-14)20-12(24)6-7-22-8-11(19)15(21-22)23(27)28/h8-9H,5-7H2,1-4H3,(H,20,24). The van der Waals surface area contributed by atoms with Crippen molar-refractivity contribution in [2.24, 2.45) is 0 Å². The first-order valence-corrected chi connectivity index (χ1v) is 10.8. The summed E-state index contributed by atoms with van der Waals surface area (Å²) in [6.45, 7) is 6.84. The molecule has 0 aliphatic carbocycles. The average molecular weight is 517 g/mol. The van der Waals surface area contributed by atoms with Gasteiger partial charge in [0.15, 0.2) is 0 Å². The number of rotatable bonds is 9. The van der Waals surface area contributed by atoms with E-state index >= 15 is 0 Å². The lowest BCUT2D eigenvalue weighted by Gasteiger charge is -2.10. The predicted octanol–water partition coefficient (Wildman–Crippen LogP) is 3.69. The number of halogens is 1. The maximum atomic E-state index is 12.6. The van der Waals surface area contributed by atoms with Crippen LogP contribution in [0.2, 0.25) is 0 Å². The number of hydrogen-bond acceptors (Lipinski definition) is 9. The number of nitro groups is 1. The van der Waals surface area contributed by atoms with Gasteiger partial charge in [0, 0.05) is 6.42 Å². The summed E-state index contributed by atoms with van der Waals surface area (Å²) in [5, 5.41) is 17.4. The van der Waals surface area contributed by atoms with Gasteiger partial charge in [-0.05, 0) is 54.1 Å². The number of nitrogens with one attached hydrogen (secondary N) is 1. The molecule has 31 heavy (non-hydrogen) atoms. The van der Waals surface area contributed by atoms with Crippen LogP contribution in [0.25, 0.3) is 0 Å². The minimum atomic E-state index is -0.666. The molecule has 2 aromatic rings. The second-order valence-electron chi connectivity index (χ2n) is 6.55. The van der Waals surface area contributed by atoms with E-state index in [9.17, 15) is 24.5 Å². The molecule has 11 nitrogen and oxygen atoms in total. The molecule has 0 fully saturated rings. The van der Waals surface area contributed by atoms with Gasteiger partial charge in [0.1, 0.15) is 14.4 Å². The van der Waals surface area contributed by atoms with Crippen LogP contribution in [0.4, 0.5) is 10.8 Å². The summed E-state index contributed by atoms with van der Waals surface area (Å²) in [7, 11) is 0. The van der Waals surface area contributed by atoms with E-state index in [1.807, 2.05) is 0 Å². The molecule has 0 aliphatic heterocycles. The van der Waals surface area contributed by atoms with Crippen molar-refractivity contribution in [2.45, 2.75) is 46.8 Å². The zero-order valence-corrected chi connectivity index (χ0v) is 19.7. The number of nitrogens with zero attached hydrogens (tertiary/aromatic N) is 3. The molecule has 168 valence electrons. The number of carbonyl (C=O) groups excluding carboxylic acids is 3. The number of carbonyl (C=O) groups is 3. The van der Waals surface area contributed by atoms with E-state index in [2.05, 4.69) is 26.3 Å². The summed E-state index contributed by atoms with van der Waals surface area (Å²) in [5.41, 5.74) is 0.448. The lowest BCUT2D eigenvalue weighted by atomic mass is 10.1. The van der Waals surface area contributed by atoms with Crippen LogP contribution < -0.4 is 5.32 Å². The van der Waals surface area contributed by atoms with Crippen molar-refractivity contribution in [3.8, 4) is 0 Å². The monoisotopic (exact) mass is 516 g/mol. The molecular weight excluding hydrogens is 496 g/mol. The number of ether oxygens (including phenoxy) is 2. The highest BCUT2D eigenvalue weighted by molar-refractivity contribution is 9.10. The zero-order chi connectivity index (χ0) is 23.3. The van der Waals surface area contributed by atoms with Gasteiger partial charge in [-0.25, -0.2) is 9.59 Å². The molecule has 0 unspecified atom stereocenters.